The third-order valence-corrected chi connectivity index (χ3v) is 3.63. The number of urea groups is 1. The Bertz CT molecular complexity index is 238. The van der Waals surface area contributed by atoms with Crippen molar-refractivity contribution in [1.29, 1.82) is 0 Å². The van der Waals surface area contributed by atoms with Crippen molar-refractivity contribution >= 4 is 6.03 Å². The van der Waals surface area contributed by atoms with E-state index in [9.17, 15) is 4.79 Å². The summed E-state index contributed by atoms with van der Waals surface area (Å²) in [6.45, 7) is 6.78. The molecule has 0 spiro atoms. The average molecular weight is 225 g/mol. The topological polar surface area (TPSA) is 35.6 Å². The van der Waals surface area contributed by atoms with Gasteiger partial charge in [-0.1, -0.05) is 6.42 Å². The van der Waals surface area contributed by atoms with E-state index in [0.717, 1.165) is 39.1 Å². The smallest absolute Gasteiger partial charge is 0.320 e. The highest BCUT2D eigenvalue weighted by Crippen LogP contribution is 2.13. The van der Waals surface area contributed by atoms with Crippen LogP contribution in [0.4, 0.5) is 4.79 Å². The highest BCUT2D eigenvalue weighted by molar-refractivity contribution is 5.75. The fourth-order valence-corrected chi connectivity index (χ4v) is 2.65. The second kappa shape index (κ2) is 5.53. The van der Waals surface area contributed by atoms with Gasteiger partial charge in [-0.25, -0.2) is 4.79 Å². The number of nitrogens with one attached hydrogen (secondary N) is 1. The molecule has 2 fully saturated rings. The normalized spacial score (nSPS) is 27.3. The summed E-state index contributed by atoms with van der Waals surface area (Å²) < 4.78 is 0. The van der Waals surface area contributed by atoms with Crippen LogP contribution in [0, 0.1) is 0 Å². The molecular weight excluding hydrogens is 202 g/mol. The van der Waals surface area contributed by atoms with Crippen molar-refractivity contribution in [2.75, 3.05) is 32.7 Å². The number of nitrogens with zero attached hydrogens (tertiary/aromatic N) is 2. The van der Waals surface area contributed by atoms with Crippen molar-refractivity contribution in [3.8, 4) is 0 Å². The zero-order valence-corrected chi connectivity index (χ0v) is 10.2. The van der Waals surface area contributed by atoms with Crippen LogP contribution in [0.1, 0.15) is 32.6 Å². The number of hydrogen-bond donors (Lipinski definition) is 1. The lowest BCUT2D eigenvalue weighted by Gasteiger charge is -2.37. The number of carbonyl (C=O) groups is 1. The zero-order chi connectivity index (χ0) is 11.4. The maximum atomic E-state index is 12.1. The number of rotatable bonds is 3. The molecule has 0 radical (unpaired) electrons. The number of piperidine rings is 1. The van der Waals surface area contributed by atoms with Gasteiger partial charge in [-0.3, -0.25) is 0 Å². The molecule has 1 N–H and O–H groups in total. The van der Waals surface area contributed by atoms with Crippen molar-refractivity contribution in [2.45, 2.75) is 38.6 Å². The van der Waals surface area contributed by atoms with Gasteiger partial charge in [0.15, 0.2) is 0 Å². The highest BCUT2D eigenvalue weighted by atomic mass is 16.2. The van der Waals surface area contributed by atoms with Gasteiger partial charge in [-0.15, -0.1) is 0 Å². The zero-order valence-electron chi connectivity index (χ0n) is 10.2. The van der Waals surface area contributed by atoms with E-state index in [0.29, 0.717) is 6.04 Å². The second-order valence-corrected chi connectivity index (χ2v) is 4.81. The van der Waals surface area contributed by atoms with E-state index in [1.165, 1.54) is 19.3 Å². The van der Waals surface area contributed by atoms with Crippen molar-refractivity contribution in [3.63, 3.8) is 0 Å². The molecule has 1 unspecified atom stereocenters. The van der Waals surface area contributed by atoms with Gasteiger partial charge in [0.05, 0.1) is 0 Å². The lowest BCUT2D eigenvalue weighted by atomic mass is 10.0. The Morgan fingerprint density at radius 3 is 2.75 bits per heavy atom. The first-order valence-electron chi connectivity index (χ1n) is 6.58. The number of carbonyl (C=O) groups excluding carboxylic acids is 1. The minimum absolute atomic E-state index is 0.237. The Morgan fingerprint density at radius 1 is 1.25 bits per heavy atom. The van der Waals surface area contributed by atoms with Gasteiger partial charge >= 0.3 is 6.03 Å². The molecule has 16 heavy (non-hydrogen) atoms. The number of hydrogen-bond acceptors (Lipinski definition) is 2. The average Bonchev–Trinajstić information content (AvgIpc) is 2.33. The van der Waals surface area contributed by atoms with Crippen LogP contribution >= 0.6 is 0 Å². The van der Waals surface area contributed by atoms with Gasteiger partial charge in [0, 0.05) is 32.2 Å². The first-order chi connectivity index (χ1) is 7.81. The predicted octanol–water partition coefficient (Wildman–Crippen LogP) is 1.28. The molecule has 0 aliphatic carbocycles. The van der Waals surface area contributed by atoms with Crippen LogP contribution in [0.2, 0.25) is 0 Å². The molecule has 2 amide bonds. The summed E-state index contributed by atoms with van der Waals surface area (Å²) in [5.41, 5.74) is 0. The quantitative estimate of drug-likeness (QED) is 0.785. The van der Waals surface area contributed by atoms with Crippen LogP contribution in [0.5, 0.6) is 0 Å². The minimum Gasteiger partial charge on any atom is -0.325 e. The fourth-order valence-electron chi connectivity index (χ4n) is 2.65. The van der Waals surface area contributed by atoms with E-state index in [1.807, 2.05) is 9.80 Å². The molecule has 0 aromatic rings. The van der Waals surface area contributed by atoms with Crippen molar-refractivity contribution in [3.05, 3.63) is 0 Å². The molecule has 4 nitrogen and oxygen atoms in total. The van der Waals surface area contributed by atoms with Gasteiger partial charge in [-0.2, -0.15) is 0 Å². The van der Waals surface area contributed by atoms with Gasteiger partial charge in [0.2, 0.25) is 0 Å². The van der Waals surface area contributed by atoms with E-state index < -0.39 is 0 Å². The molecular formula is C12H23N3O. The Hall–Kier alpha value is -0.770. The SMILES string of the molecule is CCN1CCCN(CC2CCCCN2)C1=O. The van der Waals surface area contributed by atoms with Crippen LogP contribution in [0.3, 0.4) is 0 Å². The van der Waals surface area contributed by atoms with E-state index in [2.05, 4.69) is 12.2 Å². The third kappa shape index (κ3) is 2.67. The van der Waals surface area contributed by atoms with Gasteiger partial charge in [0.1, 0.15) is 0 Å². The lowest BCUT2D eigenvalue weighted by Crippen LogP contribution is -2.53. The fraction of sp³-hybridized carbons (Fsp3) is 0.917. The molecule has 1 atom stereocenters. The molecule has 0 aromatic carbocycles. The van der Waals surface area contributed by atoms with Gasteiger partial charge < -0.3 is 15.1 Å². The maximum Gasteiger partial charge on any atom is 0.320 e. The molecule has 0 bridgehead atoms. The molecule has 2 heterocycles. The van der Waals surface area contributed by atoms with E-state index in [4.69, 9.17) is 0 Å². The summed E-state index contributed by atoms with van der Waals surface area (Å²) in [5.74, 6) is 0. The third-order valence-electron chi connectivity index (χ3n) is 3.63. The summed E-state index contributed by atoms with van der Waals surface area (Å²) in [6.07, 6.45) is 4.92. The largest absolute Gasteiger partial charge is 0.325 e. The van der Waals surface area contributed by atoms with E-state index in [1.54, 1.807) is 0 Å². The minimum atomic E-state index is 0.237. The summed E-state index contributed by atoms with van der Waals surface area (Å²) in [4.78, 5) is 16.0. The molecule has 92 valence electrons. The Balaban J connectivity index is 1.85. The maximum absolute atomic E-state index is 12.1. The van der Waals surface area contributed by atoms with Crippen LogP contribution in [0.15, 0.2) is 0 Å². The summed E-state index contributed by atoms with van der Waals surface area (Å²) in [7, 11) is 0. The lowest BCUT2D eigenvalue weighted by molar-refractivity contribution is 0.124. The molecule has 0 aromatic heterocycles. The molecule has 2 aliphatic heterocycles. The molecule has 2 aliphatic rings. The summed E-state index contributed by atoms with van der Waals surface area (Å²) >= 11 is 0. The highest BCUT2D eigenvalue weighted by Gasteiger charge is 2.26. The van der Waals surface area contributed by atoms with Crippen LogP contribution in [0.25, 0.3) is 0 Å². The van der Waals surface area contributed by atoms with Gasteiger partial charge in [-0.05, 0) is 32.7 Å². The Kier molecular flexibility index (Phi) is 4.04. The monoisotopic (exact) mass is 225 g/mol. The van der Waals surface area contributed by atoms with Crippen molar-refractivity contribution in [1.82, 2.24) is 15.1 Å². The Morgan fingerprint density at radius 2 is 2.06 bits per heavy atom. The van der Waals surface area contributed by atoms with Crippen molar-refractivity contribution in [2.24, 2.45) is 0 Å². The van der Waals surface area contributed by atoms with Gasteiger partial charge in [0.25, 0.3) is 0 Å². The predicted molar refractivity (Wildman–Crippen MR) is 64.5 cm³/mol. The van der Waals surface area contributed by atoms with Crippen LogP contribution < -0.4 is 5.32 Å². The molecule has 0 saturated carbocycles. The molecule has 2 saturated heterocycles. The van der Waals surface area contributed by atoms with Crippen molar-refractivity contribution < 1.29 is 4.79 Å². The standard InChI is InChI=1S/C12H23N3O/c1-2-14-8-5-9-15(12(14)16)10-11-6-3-4-7-13-11/h11,13H,2-10H2,1H3. The van der Waals surface area contributed by atoms with Crippen LogP contribution in [-0.4, -0.2) is 54.6 Å². The number of amides is 2. The first-order valence-corrected chi connectivity index (χ1v) is 6.58. The van der Waals surface area contributed by atoms with E-state index >= 15 is 0 Å². The molecule has 4 heteroatoms. The van der Waals surface area contributed by atoms with E-state index in [-0.39, 0.29) is 6.03 Å². The Labute approximate surface area is 98.0 Å². The summed E-state index contributed by atoms with van der Waals surface area (Å²) in [5, 5.41) is 3.51. The summed E-state index contributed by atoms with van der Waals surface area (Å²) in [6, 6.07) is 0.760. The van der Waals surface area contributed by atoms with Crippen LogP contribution in [-0.2, 0) is 0 Å². The molecule has 2 rings (SSSR count). The first kappa shape index (κ1) is 11.7. The second-order valence-electron chi connectivity index (χ2n) is 4.81.